The number of rotatable bonds is 4. The number of halogens is 1. The van der Waals surface area contributed by atoms with Crippen LogP contribution in [0.25, 0.3) is 0 Å². The van der Waals surface area contributed by atoms with Crippen molar-refractivity contribution in [2.45, 2.75) is 45.1 Å². The van der Waals surface area contributed by atoms with Crippen LogP contribution in [0.15, 0.2) is 28.7 Å². The first-order valence-corrected chi connectivity index (χ1v) is 8.83. The zero-order chi connectivity index (χ0) is 15.1. The quantitative estimate of drug-likeness (QED) is 0.856. The largest absolute Gasteiger partial charge is 0.345 e. The standard InChI is InChI=1S/C17H25BrN2O/c1-14(15-9-5-6-10-16(15)18)19-17(21)13-20-11-7-3-2-4-8-12-20/h5-6,9-10,14H,2-4,7-8,11-13H2,1H3,(H,19,21)/p+1/t14-/m0/s1. The number of carbonyl (C=O) groups excluding carboxylic acids is 1. The van der Waals surface area contributed by atoms with Crippen LogP contribution in [0.1, 0.15) is 50.6 Å². The van der Waals surface area contributed by atoms with E-state index in [0.29, 0.717) is 6.54 Å². The molecule has 2 N–H and O–H groups in total. The molecule has 1 fully saturated rings. The van der Waals surface area contributed by atoms with E-state index >= 15 is 0 Å². The van der Waals surface area contributed by atoms with Crippen molar-refractivity contribution in [3.8, 4) is 0 Å². The van der Waals surface area contributed by atoms with Gasteiger partial charge < -0.3 is 10.2 Å². The predicted octanol–water partition coefficient (Wildman–Crippen LogP) is 2.48. The molecular weight excluding hydrogens is 328 g/mol. The molecule has 0 radical (unpaired) electrons. The summed E-state index contributed by atoms with van der Waals surface area (Å²) < 4.78 is 1.05. The van der Waals surface area contributed by atoms with Crippen molar-refractivity contribution in [1.82, 2.24) is 5.32 Å². The second-order valence-electron chi connectivity index (χ2n) is 6.01. The lowest BCUT2D eigenvalue weighted by atomic mass is 10.1. The molecular formula is C17H26BrN2O+. The van der Waals surface area contributed by atoms with Crippen LogP contribution in [-0.4, -0.2) is 25.5 Å². The summed E-state index contributed by atoms with van der Waals surface area (Å²) >= 11 is 3.55. The van der Waals surface area contributed by atoms with Crippen molar-refractivity contribution >= 4 is 21.8 Å². The van der Waals surface area contributed by atoms with Gasteiger partial charge >= 0.3 is 0 Å². The molecule has 2 rings (SSSR count). The second-order valence-corrected chi connectivity index (χ2v) is 6.86. The minimum absolute atomic E-state index is 0.0437. The van der Waals surface area contributed by atoms with Crippen LogP contribution in [0.2, 0.25) is 0 Å². The smallest absolute Gasteiger partial charge is 0.275 e. The highest BCUT2D eigenvalue weighted by atomic mass is 79.9. The Morgan fingerprint density at radius 2 is 1.81 bits per heavy atom. The van der Waals surface area contributed by atoms with Gasteiger partial charge in [-0.2, -0.15) is 0 Å². The van der Waals surface area contributed by atoms with Crippen LogP contribution < -0.4 is 10.2 Å². The van der Waals surface area contributed by atoms with Gasteiger partial charge in [-0.15, -0.1) is 0 Å². The first kappa shape index (κ1) is 16.5. The first-order chi connectivity index (χ1) is 10.2. The molecule has 4 heteroatoms. The third-order valence-electron chi connectivity index (χ3n) is 4.22. The zero-order valence-corrected chi connectivity index (χ0v) is 14.4. The first-order valence-electron chi connectivity index (χ1n) is 8.04. The number of benzene rings is 1. The maximum absolute atomic E-state index is 12.3. The Kier molecular flexibility index (Phi) is 6.71. The molecule has 0 unspecified atom stereocenters. The molecule has 3 nitrogen and oxygen atoms in total. The molecule has 21 heavy (non-hydrogen) atoms. The van der Waals surface area contributed by atoms with Gasteiger partial charge in [-0.3, -0.25) is 4.79 Å². The van der Waals surface area contributed by atoms with Crippen LogP contribution in [0, 0.1) is 0 Å². The second kappa shape index (κ2) is 8.54. The Balaban J connectivity index is 1.84. The van der Waals surface area contributed by atoms with E-state index in [1.165, 1.54) is 37.0 Å². The molecule has 1 aliphatic heterocycles. The Labute approximate surface area is 136 Å². The van der Waals surface area contributed by atoms with E-state index in [-0.39, 0.29) is 11.9 Å². The summed E-state index contributed by atoms with van der Waals surface area (Å²) in [5, 5.41) is 3.13. The number of hydrogen-bond acceptors (Lipinski definition) is 1. The fourth-order valence-electron chi connectivity index (χ4n) is 3.01. The van der Waals surface area contributed by atoms with Crippen molar-refractivity contribution in [1.29, 1.82) is 0 Å². The Bertz CT molecular complexity index is 456. The molecule has 1 aliphatic rings. The minimum atomic E-state index is 0.0437. The van der Waals surface area contributed by atoms with Gasteiger partial charge in [0.15, 0.2) is 6.54 Å². The normalized spacial score (nSPS) is 18.6. The molecule has 1 atom stereocenters. The molecule has 1 aromatic carbocycles. The maximum Gasteiger partial charge on any atom is 0.275 e. The van der Waals surface area contributed by atoms with E-state index in [1.54, 1.807) is 0 Å². The summed E-state index contributed by atoms with van der Waals surface area (Å²) in [4.78, 5) is 13.7. The molecule has 1 saturated heterocycles. The molecule has 0 aromatic heterocycles. The van der Waals surface area contributed by atoms with E-state index in [9.17, 15) is 4.79 Å². The van der Waals surface area contributed by atoms with Gasteiger partial charge in [-0.25, -0.2) is 0 Å². The van der Waals surface area contributed by atoms with Crippen LogP contribution in [0.5, 0.6) is 0 Å². The average molecular weight is 354 g/mol. The summed E-state index contributed by atoms with van der Waals surface area (Å²) in [6.45, 7) is 4.92. The SMILES string of the molecule is C[C@H](NC(=O)C[NH+]1CCCCCCC1)c1ccccc1Br. The van der Waals surface area contributed by atoms with Gasteiger partial charge in [0.05, 0.1) is 19.1 Å². The van der Waals surface area contributed by atoms with Crippen molar-refractivity contribution < 1.29 is 9.69 Å². The average Bonchev–Trinajstić information content (AvgIpc) is 2.42. The number of likely N-dealkylation sites (tertiary alicyclic amines) is 1. The number of quaternary nitrogens is 1. The third kappa shape index (κ3) is 5.44. The maximum atomic E-state index is 12.3. The van der Waals surface area contributed by atoms with E-state index in [1.807, 2.05) is 25.1 Å². The van der Waals surface area contributed by atoms with Crippen molar-refractivity contribution in [3.63, 3.8) is 0 Å². The molecule has 1 aromatic rings. The Morgan fingerprint density at radius 1 is 1.19 bits per heavy atom. The van der Waals surface area contributed by atoms with Crippen LogP contribution in [-0.2, 0) is 4.79 Å². The lowest BCUT2D eigenvalue weighted by Gasteiger charge is -2.22. The number of carbonyl (C=O) groups is 1. The van der Waals surface area contributed by atoms with Crippen molar-refractivity contribution in [2.24, 2.45) is 0 Å². The molecule has 116 valence electrons. The molecule has 1 heterocycles. The van der Waals surface area contributed by atoms with Gasteiger partial charge in [0.25, 0.3) is 5.91 Å². The van der Waals surface area contributed by atoms with E-state index in [0.717, 1.165) is 23.1 Å². The van der Waals surface area contributed by atoms with E-state index in [4.69, 9.17) is 0 Å². The number of nitrogens with one attached hydrogen (secondary N) is 2. The fraction of sp³-hybridized carbons (Fsp3) is 0.588. The van der Waals surface area contributed by atoms with Crippen molar-refractivity contribution in [2.75, 3.05) is 19.6 Å². The molecule has 0 aliphatic carbocycles. The van der Waals surface area contributed by atoms with Crippen LogP contribution >= 0.6 is 15.9 Å². The van der Waals surface area contributed by atoms with Gasteiger partial charge in [-0.05, 0) is 44.2 Å². The Morgan fingerprint density at radius 3 is 2.48 bits per heavy atom. The van der Waals surface area contributed by atoms with Gasteiger partial charge in [0, 0.05) is 4.47 Å². The lowest BCUT2D eigenvalue weighted by Crippen LogP contribution is -3.13. The molecule has 0 bridgehead atoms. The highest BCUT2D eigenvalue weighted by molar-refractivity contribution is 9.10. The monoisotopic (exact) mass is 353 g/mol. The summed E-state index contributed by atoms with van der Waals surface area (Å²) in [6.07, 6.45) is 6.50. The topological polar surface area (TPSA) is 33.5 Å². The van der Waals surface area contributed by atoms with Crippen LogP contribution in [0.3, 0.4) is 0 Å². The minimum Gasteiger partial charge on any atom is -0.345 e. The number of amides is 1. The Hall–Kier alpha value is -0.870. The van der Waals surface area contributed by atoms with Crippen LogP contribution in [0.4, 0.5) is 0 Å². The van der Waals surface area contributed by atoms with Gasteiger partial charge in [0.2, 0.25) is 0 Å². The van der Waals surface area contributed by atoms with E-state index in [2.05, 4.69) is 27.3 Å². The van der Waals surface area contributed by atoms with Gasteiger partial charge in [0.1, 0.15) is 0 Å². The molecule has 0 spiro atoms. The van der Waals surface area contributed by atoms with Crippen molar-refractivity contribution in [3.05, 3.63) is 34.3 Å². The van der Waals surface area contributed by atoms with Gasteiger partial charge in [-0.1, -0.05) is 40.5 Å². The lowest BCUT2D eigenvalue weighted by molar-refractivity contribution is -0.893. The summed E-state index contributed by atoms with van der Waals surface area (Å²) in [6, 6.07) is 8.11. The zero-order valence-electron chi connectivity index (χ0n) is 12.8. The summed E-state index contributed by atoms with van der Waals surface area (Å²) in [7, 11) is 0. The van der Waals surface area contributed by atoms with E-state index < -0.39 is 0 Å². The highest BCUT2D eigenvalue weighted by Gasteiger charge is 2.18. The number of hydrogen-bond donors (Lipinski definition) is 2. The highest BCUT2D eigenvalue weighted by Crippen LogP contribution is 2.22. The summed E-state index contributed by atoms with van der Waals surface area (Å²) in [5.74, 6) is 0.161. The molecule has 0 saturated carbocycles. The summed E-state index contributed by atoms with van der Waals surface area (Å²) in [5.41, 5.74) is 1.13. The molecule has 1 amide bonds. The predicted molar refractivity (Wildman–Crippen MR) is 89.3 cm³/mol. The third-order valence-corrected chi connectivity index (χ3v) is 4.94. The fourth-order valence-corrected chi connectivity index (χ4v) is 3.63.